The number of hydrogen-bond acceptors (Lipinski definition) is 2. The molecule has 1 rings (SSSR count). The largest absolute Gasteiger partial charge is 0.506 e. The van der Waals surface area contributed by atoms with Crippen LogP contribution in [0.25, 0.3) is 0 Å². The molecule has 0 aromatic carbocycles. The van der Waals surface area contributed by atoms with E-state index in [2.05, 4.69) is 32.3 Å². The minimum atomic E-state index is -4.89. The highest BCUT2D eigenvalue weighted by molar-refractivity contribution is 6.66. The van der Waals surface area contributed by atoms with E-state index in [9.17, 15) is 12.9 Å². The van der Waals surface area contributed by atoms with E-state index in [1.54, 1.807) is 0 Å². The summed E-state index contributed by atoms with van der Waals surface area (Å²) in [6.45, 7) is 7.59. The second-order valence-electron chi connectivity index (χ2n) is 5.67. The van der Waals surface area contributed by atoms with Crippen LogP contribution < -0.4 is 0 Å². The summed E-state index contributed by atoms with van der Waals surface area (Å²) in [5.74, 6) is 0. The van der Waals surface area contributed by atoms with E-state index in [0.717, 1.165) is 13.1 Å². The van der Waals surface area contributed by atoms with Crippen LogP contribution in [0.1, 0.15) is 20.8 Å². The van der Waals surface area contributed by atoms with E-state index in [1.165, 1.54) is 0 Å². The number of piperazine rings is 1. The summed E-state index contributed by atoms with van der Waals surface area (Å²) in [7, 11) is 0. The molecular formula is C11H21BF3N2-. The van der Waals surface area contributed by atoms with E-state index >= 15 is 0 Å². The van der Waals surface area contributed by atoms with Gasteiger partial charge in [0.15, 0.2) is 0 Å². The van der Waals surface area contributed by atoms with Gasteiger partial charge >= 0.3 is 6.98 Å². The molecule has 6 heteroatoms. The molecule has 0 bridgehead atoms. The van der Waals surface area contributed by atoms with Gasteiger partial charge in [-0.15, -0.1) is 12.1 Å². The van der Waals surface area contributed by atoms with Gasteiger partial charge < -0.3 is 12.9 Å². The predicted molar refractivity (Wildman–Crippen MR) is 66.0 cm³/mol. The zero-order valence-corrected chi connectivity index (χ0v) is 10.8. The van der Waals surface area contributed by atoms with E-state index in [0.29, 0.717) is 13.1 Å². The van der Waals surface area contributed by atoms with Gasteiger partial charge in [-0.1, -0.05) is 0 Å². The second kappa shape index (κ2) is 5.02. The lowest BCUT2D eigenvalue weighted by Gasteiger charge is -2.43. The lowest BCUT2D eigenvalue weighted by Crippen LogP contribution is -2.54. The lowest BCUT2D eigenvalue weighted by molar-refractivity contribution is 0.0666. The standard InChI is InChI=1S/C11H21BF3N2/c1-10(12(13,14)15)9-16-5-7-17(8-6-16)11(2,3)4/h1,5-9H2,2-4H3/q-1. The zero-order valence-electron chi connectivity index (χ0n) is 10.8. The summed E-state index contributed by atoms with van der Waals surface area (Å²) in [4.78, 5) is 4.13. The Kier molecular flexibility index (Phi) is 4.30. The van der Waals surface area contributed by atoms with E-state index in [1.807, 2.05) is 4.90 Å². The molecule has 0 unspecified atom stereocenters. The van der Waals surface area contributed by atoms with Gasteiger partial charge in [-0.3, -0.25) is 9.80 Å². The molecule has 0 aliphatic carbocycles. The molecule has 0 aromatic rings. The number of rotatable bonds is 3. The lowest BCUT2D eigenvalue weighted by atomic mass is 9.80. The maximum atomic E-state index is 12.4. The van der Waals surface area contributed by atoms with Crippen LogP contribution >= 0.6 is 0 Å². The maximum absolute atomic E-state index is 12.4. The van der Waals surface area contributed by atoms with Gasteiger partial charge in [0.25, 0.3) is 0 Å². The van der Waals surface area contributed by atoms with Gasteiger partial charge in [-0.2, -0.15) is 0 Å². The molecular weight excluding hydrogens is 228 g/mol. The Morgan fingerprint density at radius 3 is 1.94 bits per heavy atom. The predicted octanol–water partition coefficient (Wildman–Crippen LogP) is 2.35. The minimum absolute atomic E-state index is 0.0402. The average Bonchev–Trinajstić information content (AvgIpc) is 2.15. The van der Waals surface area contributed by atoms with Crippen molar-refractivity contribution in [3.63, 3.8) is 0 Å². The Morgan fingerprint density at radius 2 is 1.59 bits per heavy atom. The number of halogens is 3. The third kappa shape index (κ3) is 4.35. The van der Waals surface area contributed by atoms with Gasteiger partial charge in [0, 0.05) is 31.7 Å². The van der Waals surface area contributed by atoms with E-state index in [4.69, 9.17) is 0 Å². The maximum Gasteiger partial charge on any atom is 0.506 e. The molecule has 0 N–H and O–H groups in total. The van der Waals surface area contributed by atoms with Crippen LogP contribution in [0.4, 0.5) is 12.9 Å². The molecule has 1 fully saturated rings. The van der Waals surface area contributed by atoms with Crippen molar-refractivity contribution in [2.75, 3.05) is 32.7 Å². The fraction of sp³-hybridized carbons (Fsp3) is 0.818. The quantitative estimate of drug-likeness (QED) is 0.708. The van der Waals surface area contributed by atoms with Crippen LogP contribution in [0.2, 0.25) is 0 Å². The van der Waals surface area contributed by atoms with E-state index < -0.39 is 12.4 Å². The molecule has 2 nitrogen and oxygen atoms in total. The highest BCUT2D eigenvalue weighted by atomic mass is 19.4. The fourth-order valence-corrected chi connectivity index (χ4v) is 1.97. The Hall–Kier alpha value is -0.485. The topological polar surface area (TPSA) is 6.48 Å². The molecule has 1 saturated heterocycles. The molecule has 0 saturated carbocycles. The Labute approximate surface area is 102 Å². The monoisotopic (exact) mass is 249 g/mol. The molecule has 0 aromatic heterocycles. The van der Waals surface area contributed by atoms with Gasteiger partial charge in [0.1, 0.15) is 0 Å². The van der Waals surface area contributed by atoms with Gasteiger partial charge in [-0.05, 0) is 27.3 Å². The highest BCUT2D eigenvalue weighted by Gasteiger charge is 2.30. The van der Waals surface area contributed by atoms with Crippen molar-refractivity contribution in [3.05, 3.63) is 12.1 Å². The van der Waals surface area contributed by atoms with Crippen molar-refractivity contribution in [2.24, 2.45) is 0 Å². The van der Waals surface area contributed by atoms with Crippen LogP contribution in [0.15, 0.2) is 12.1 Å². The normalized spacial score (nSPS) is 20.6. The van der Waals surface area contributed by atoms with E-state index in [-0.39, 0.29) is 12.1 Å². The van der Waals surface area contributed by atoms with Crippen molar-refractivity contribution in [1.82, 2.24) is 9.80 Å². The molecule has 100 valence electrons. The van der Waals surface area contributed by atoms with Gasteiger partial charge in [0.05, 0.1) is 0 Å². The number of nitrogens with zero attached hydrogens (tertiary/aromatic N) is 2. The molecule has 0 radical (unpaired) electrons. The average molecular weight is 249 g/mol. The molecule has 0 atom stereocenters. The third-order valence-corrected chi connectivity index (χ3v) is 3.21. The highest BCUT2D eigenvalue weighted by Crippen LogP contribution is 2.21. The summed E-state index contributed by atoms with van der Waals surface area (Å²) in [5, 5.41) is 0. The van der Waals surface area contributed by atoms with Crippen molar-refractivity contribution in [2.45, 2.75) is 26.3 Å². The van der Waals surface area contributed by atoms with Crippen molar-refractivity contribution >= 4 is 6.98 Å². The van der Waals surface area contributed by atoms with Crippen LogP contribution in [-0.2, 0) is 0 Å². The van der Waals surface area contributed by atoms with Crippen LogP contribution in [0, 0.1) is 0 Å². The fourth-order valence-electron chi connectivity index (χ4n) is 1.97. The second-order valence-corrected chi connectivity index (χ2v) is 5.67. The molecule has 1 aliphatic rings. The molecule has 0 spiro atoms. The third-order valence-electron chi connectivity index (χ3n) is 3.21. The van der Waals surface area contributed by atoms with Gasteiger partial charge in [0.2, 0.25) is 0 Å². The minimum Gasteiger partial charge on any atom is -0.445 e. The Bertz CT molecular complexity index is 275. The summed E-state index contributed by atoms with van der Waals surface area (Å²) in [5.41, 5.74) is -0.494. The van der Waals surface area contributed by atoms with Crippen LogP contribution in [0.5, 0.6) is 0 Å². The summed E-state index contributed by atoms with van der Waals surface area (Å²) < 4.78 is 37.2. The first-order valence-corrected chi connectivity index (χ1v) is 5.96. The molecule has 1 aliphatic heterocycles. The van der Waals surface area contributed by atoms with Crippen molar-refractivity contribution in [1.29, 1.82) is 0 Å². The Balaban J connectivity index is 2.41. The van der Waals surface area contributed by atoms with Gasteiger partial charge in [-0.25, -0.2) is 0 Å². The van der Waals surface area contributed by atoms with Crippen LogP contribution in [0.3, 0.4) is 0 Å². The summed E-state index contributed by atoms with van der Waals surface area (Å²) in [6, 6.07) is 0. The molecule has 1 heterocycles. The van der Waals surface area contributed by atoms with Crippen molar-refractivity contribution in [3.8, 4) is 0 Å². The first-order chi connectivity index (χ1) is 7.60. The first kappa shape index (κ1) is 14.6. The summed E-state index contributed by atoms with van der Waals surface area (Å²) >= 11 is 0. The SMILES string of the molecule is C=C(CN1CCN(C(C)(C)C)CC1)[B-](F)(F)F. The molecule has 17 heavy (non-hydrogen) atoms. The summed E-state index contributed by atoms with van der Waals surface area (Å²) in [6.07, 6.45) is 0. The zero-order chi connectivity index (χ0) is 13.3. The number of hydrogen-bond donors (Lipinski definition) is 0. The van der Waals surface area contributed by atoms with Crippen LogP contribution in [-0.4, -0.2) is 55.0 Å². The Morgan fingerprint density at radius 1 is 1.12 bits per heavy atom. The molecule has 0 amide bonds. The smallest absolute Gasteiger partial charge is 0.445 e. The van der Waals surface area contributed by atoms with Crippen molar-refractivity contribution < 1.29 is 12.9 Å². The first-order valence-electron chi connectivity index (χ1n) is 5.96.